The Balaban J connectivity index is 0.00000240. The number of amides is 2. The normalized spacial score (nSPS) is 34.4. The summed E-state index contributed by atoms with van der Waals surface area (Å²) in [6.07, 6.45) is 8.35. The monoisotopic (exact) mass is 528 g/mol. The van der Waals surface area contributed by atoms with Crippen molar-refractivity contribution in [1.29, 1.82) is 0 Å². The van der Waals surface area contributed by atoms with Gasteiger partial charge in [0.25, 0.3) is 0 Å². The lowest BCUT2D eigenvalue weighted by Gasteiger charge is -2.40. The first-order chi connectivity index (χ1) is 17.2. The molecule has 1 aromatic carbocycles. The topological polar surface area (TPSA) is 56.8 Å². The summed E-state index contributed by atoms with van der Waals surface area (Å²) in [6.45, 7) is 5.93. The number of carbonyl (C=O) groups is 2. The molecule has 6 nitrogen and oxygen atoms in total. The van der Waals surface area contributed by atoms with E-state index in [2.05, 4.69) is 34.1 Å². The predicted molar refractivity (Wildman–Crippen MR) is 145 cm³/mol. The minimum atomic E-state index is 0. The summed E-state index contributed by atoms with van der Waals surface area (Å²) in [4.78, 5) is 33.4. The molecule has 5 aliphatic rings. The van der Waals surface area contributed by atoms with Crippen molar-refractivity contribution in [2.24, 2.45) is 35.5 Å². The van der Waals surface area contributed by atoms with Crippen LogP contribution in [0.15, 0.2) is 24.3 Å². The van der Waals surface area contributed by atoms with E-state index in [0.29, 0.717) is 30.2 Å². The highest BCUT2D eigenvalue weighted by Gasteiger charge is 2.61. The number of piperazine rings is 1. The Bertz CT molecular complexity index is 1100. The summed E-state index contributed by atoms with van der Waals surface area (Å²) in [5.74, 6) is 3.59. The van der Waals surface area contributed by atoms with E-state index in [1.807, 2.05) is 0 Å². The fraction of sp³-hybridized carbons (Fsp3) is 0.679. The number of benzene rings is 1. The minimum Gasteiger partial charge on any atom is -0.353 e. The summed E-state index contributed by atoms with van der Waals surface area (Å²) in [7, 11) is 0. The highest BCUT2D eigenvalue weighted by Crippen LogP contribution is 2.56. The van der Waals surface area contributed by atoms with Crippen LogP contribution in [0.2, 0.25) is 0 Å². The van der Waals surface area contributed by atoms with Gasteiger partial charge in [-0.3, -0.25) is 19.4 Å². The van der Waals surface area contributed by atoms with Gasteiger partial charge in [-0.1, -0.05) is 25.0 Å². The number of fused-ring (bicyclic) bond motifs is 6. The Kier molecular flexibility index (Phi) is 6.76. The van der Waals surface area contributed by atoms with Gasteiger partial charge in [0.05, 0.1) is 16.5 Å². The summed E-state index contributed by atoms with van der Waals surface area (Å²) in [5.41, 5.74) is 0. The summed E-state index contributed by atoms with van der Waals surface area (Å²) in [6, 6.07) is 8.54. The van der Waals surface area contributed by atoms with E-state index in [1.54, 1.807) is 16.4 Å². The molecule has 0 N–H and O–H groups in total. The van der Waals surface area contributed by atoms with Crippen LogP contribution in [0.5, 0.6) is 0 Å². The molecule has 2 saturated heterocycles. The third-order valence-corrected chi connectivity index (χ3v) is 10.8. The molecule has 6 atom stereocenters. The first-order valence-electron chi connectivity index (χ1n) is 13.8. The van der Waals surface area contributed by atoms with Crippen LogP contribution in [-0.4, -0.2) is 65.3 Å². The van der Waals surface area contributed by atoms with Crippen LogP contribution in [0.4, 0.5) is 5.82 Å². The van der Waals surface area contributed by atoms with Gasteiger partial charge in [0.2, 0.25) is 11.8 Å². The summed E-state index contributed by atoms with van der Waals surface area (Å²) < 4.78 is 6.02. The first-order valence-corrected chi connectivity index (χ1v) is 14.6. The molecular formula is C28H37ClN4O2S. The maximum absolute atomic E-state index is 13.3. The molecule has 7 rings (SSSR count). The molecule has 3 saturated carbocycles. The fourth-order valence-electron chi connectivity index (χ4n) is 8.22. The third kappa shape index (κ3) is 4.06. The number of imide groups is 1. The van der Waals surface area contributed by atoms with Gasteiger partial charge in [0, 0.05) is 44.7 Å². The van der Waals surface area contributed by atoms with Crippen molar-refractivity contribution in [3.63, 3.8) is 0 Å². The number of anilines is 1. The van der Waals surface area contributed by atoms with E-state index < -0.39 is 0 Å². The van der Waals surface area contributed by atoms with Gasteiger partial charge >= 0.3 is 0 Å². The van der Waals surface area contributed by atoms with Gasteiger partial charge in [-0.05, 0) is 79.4 Å². The number of carbonyl (C=O) groups excluding carboxylic acids is 2. The average Bonchev–Trinajstić information content (AvgIpc) is 3.66. The van der Waals surface area contributed by atoms with Crippen LogP contribution in [0.3, 0.4) is 0 Å². The van der Waals surface area contributed by atoms with E-state index in [9.17, 15) is 9.59 Å². The van der Waals surface area contributed by atoms with Crippen LogP contribution in [0.1, 0.15) is 44.9 Å². The van der Waals surface area contributed by atoms with Crippen LogP contribution < -0.4 is 4.90 Å². The molecule has 0 radical (unpaired) electrons. The Morgan fingerprint density at radius 3 is 2.17 bits per heavy atom. The Morgan fingerprint density at radius 2 is 1.47 bits per heavy atom. The zero-order chi connectivity index (χ0) is 23.5. The molecule has 5 fully saturated rings. The molecule has 194 valence electrons. The molecule has 2 amide bonds. The molecular weight excluding hydrogens is 492 g/mol. The number of halogens is 1. The maximum atomic E-state index is 13.3. The highest BCUT2D eigenvalue weighted by molar-refractivity contribution is 7.13. The second-order valence-electron chi connectivity index (χ2n) is 11.8. The molecule has 36 heavy (non-hydrogen) atoms. The molecule has 3 heterocycles. The van der Waals surface area contributed by atoms with Gasteiger partial charge in [-0.2, -0.15) is 4.37 Å². The zero-order valence-corrected chi connectivity index (χ0v) is 22.5. The molecule has 3 aliphatic carbocycles. The molecule has 1 aromatic heterocycles. The number of hydrogen-bond donors (Lipinski definition) is 0. The first kappa shape index (κ1) is 24.6. The van der Waals surface area contributed by atoms with Gasteiger partial charge < -0.3 is 4.90 Å². The van der Waals surface area contributed by atoms with Crippen molar-refractivity contribution in [2.75, 3.05) is 44.2 Å². The van der Waals surface area contributed by atoms with Crippen LogP contribution in [0, 0.1) is 35.5 Å². The van der Waals surface area contributed by atoms with Crippen molar-refractivity contribution in [3.05, 3.63) is 24.3 Å². The van der Waals surface area contributed by atoms with Crippen molar-refractivity contribution >= 4 is 51.7 Å². The van der Waals surface area contributed by atoms with Crippen molar-refractivity contribution in [3.8, 4) is 0 Å². The SMILES string of the molecule is Cl.O=C1C2C(C(=O)N1C[C@H]1CCCCC1CN1CCN(c3nsc4ccccc34)CC1)[C@H]1CC[C@@H]2C1. The van der Waals surface area contributed by atoms with E-state index in [0.717, 1.165) is 64.2 Å². The zero-order valence-electron chi connectivity index (χ0n) is 20.9. The lowest BCUT2D eigenvalue weighted by atomic mass is 9.78. The van der Waals surface area contributed by atoms with Gasteiger partial charge in [-0.25, -0.2) is 0 Å². The van der Waals surface area contributed by atoms with Crippen LogP contribution >= 0.6 is 23.9 Å². The second kappa shape index (κ2) is 9.88. The van der Waals surface area contributed by atoms with Crippen LogP contribution in [0.25, 0.3) is 10.1 Å². The lowest BCUT2D eigenvalue weighted by Crippen LogP contribution is -2.49. The van der Waals surface area contributed by atoms with Crippen molar-refractivity contribution < 1.29 is 9.59 Å². The number of likely N-dealkylation sites (tertiary alicyclic amines) is 1. The molecule has 2 aliphatic heterocycles. The largest absolute Gasteiger partial charge is 0.353 e. The fourth-order valence-corrected chi connectivity index (χ4v) is 9.02. The van der Waals surface area contributed by atoms with Crippen molar-refractivity contribution in [1.82, 2.24) is 14.2 Å². The Labute approximate surface area is 224 Å². The van der Waals surface area contributed by atoms with Crippen molar-refractivity contribution in [2.45, 2.75) is 44.9 Å². The van der Waals surface area contributed by atoms with E-state index in [1.165, 1.54) is 29.3 Å². The molecule has 2 aromatic rings. The molecule has 0 spiro atoms. The smallest absolute Gasteiger partial charge is 0.233 e. The van der Waals surface area contributed by atoms with Gasteiger partial charge in [-0.15, -0.1) is 12.4 Å². The Hall–Kier alpha value is -1.70. The summed E-state index contributed by atoms with van der Waals surface area (Å²) >= 11 is 1.60. The van der Waals surface area contributed by atoms with E-state index >= 15 is 0 Å². The Morgan fingerprint density at radius 1 is 0.833 bits per heavy atom. The number of hydrogen-bond acceptors (Lipinski definition) is 6. The average molecular weight is 529 g/mol. The van der Waals surface area contributed by atoms with E-state index in [-0.39, 0.29) is 36.1 Å². The third-order valence-electron chi connectivity index (χ3n) is 10.0. The van der Waals surface area contributed by atoms with Gasteiger partial charge in [0.1, 0.15) is 5.82 Å². The predicted octanol–water partition coefficient (Wildman–Crippen LogP) is 4.68. The molecule has 3 unspecified atom stereocenters. The van der Waals surface area contributed by atoms with Gasteiger partial charge in [0.15, 0.2) is 0 Å². The summed E-state index contributed by atoms with van der Waals surface area (Å²) in [5, 5.41) is 1.27. The number of rotatable bonds is 5. The lowest BCUT2D eigenvalue weighted by molar-refractivity contribution is -0.142. The quantitative estimate of drug-likeness (QED) is 0.527. The number of aromatic nitrogens is 1. The standard InChI is InChI=1S/C28H36N4O2S.ClH/c33-27-24-18-9-10-19(15-18)25(24)28(34)32(27)17-21-6-2-1-5-20(21)16-30-11-13-31(14-12-30)26-22-7-3-4-8-23(22)35-29-26;/h3-4,7-8,18-21,24-25H,1-2,5-6,9-17H2;1H/t18-,19+,20?,21-,24?,25?;/m1./s1. The van der Waals surface area contributed by atoms with Crippen LogP contribution in [-0.2, 0) is 9.59 Å². The second-order valence-corrected chi connectivity index (χ2v) is 12.6. The van der Waals surface area contributed by atoms with E-state index in [4.69, 9.17) is 4.37 Å². The molecule has 2 bridgehead atoms. The maximum Gasteiger partial charge on any atom is 0.233 e. The highest BCUT2D eigenvalue weighted by atomic mass is 35.5. The minimum absolute atomic E-state index is 0. The number of nitrogens with zero attached hydrogens (tertiary/aromatic N) is 4. The molecule has 8 heteroatoms.